The number of amides is 1. The maximum atomic E-state index is 12.6. The van der Waals surface area contributed by atoms with Crippen LogP contribution in [0.3, 0.4) is 0 Å². The van der Waals surface area contributed by atoms with Crippen LogP contribution in [0.2, 0.25) is 0 Å². The van der Waals surface area contributed by atoms with Gasteiger partial charge in [0.1, 0.15) is 0 Å². The van der Waals surface area contributed by atoms with Crippen LogP contribution in [0.15, 0.2) is 18.2 Å². The van der Waals surface area contributed by atoms with Crippen LogP contribution in [0.1, 0.15) is 41.6 Å². The Bertz CT molecular complexity index is 485. The van der Waals surface area contributed by atoms with Gasteiger partial charge in [-0.15, -0.1) is 12.4 Å². The van der Waals surface area contributed by atoms with Gasteiger partial charge in [-0.3, -0.25) is 4.79 Å². The first kappa shape index (κ1) is 15.2. The zero-order chi connectivity index (χ0) is 13.2. The van der Waals surface area contributed by atoms with E-state index in [-0.39, 0.29) is 18.3 Å². The Hall–Kier alpha value is -1.22. The number of halogens is 1. The van der Waals surface area contributed by atoms with Gasteiger partial charge >= 0.3 is 0 Å². The molecule has 1 aliphatic carbocycles. The molecule has 2 aliphatic rings. The van der Waals surface area contributed by atoms with Crippen LogP contribution in [0, 0.1) is 5.92 Å². The molecule has 1 N–H and O–H groups in total. The molecule has 0 aromatic heterocycles. The van der Waals surface area contributed by atoms with Crippen LogP contribution >= 0.6 is 12.4 Å². The molecule has 0 spiro atoms. The lowest BCUT2D eigenvalue weighted by atomic mass is 9.85. The topological polar surface area (TPSA) is 32.3 Å². The Kier molecular flexibility index (Phi) is 4.92. The largest absolute Gasteiger partial charge is 0.385 e. The number of nitrogens with zero attached hydrogens (tertiary/aromatic N) is 1. The molecule has 0 radical (unpaired) electrons. The van der Waals surface area contributed by atoms with Crippen molar-refractivity contribution in [1.29, 1.82) is 0 Å². The minimum absolute atomic E-state index is 0. The maximum Gasteiger partial charge on any atom is 0.253 e. The summed E-state index contributed by atoms with van der Waals surface area (Å²) in [7, 11) is 1.94. The van der Waals surface area contributed by atoms with Gasteiger partial charge in [-0.25, -0.2) is 0 Å². The van der Waals surface area contributed by atoms with Gasteiger partial charge in [-0.2, -0.15) is 0 Å². The highest BCUT2D eigenvalue weighted by Gasteiger charge is 2.24. The Balaban J connectivity index is 0.00000147. The van der Waals surface area contributed by atoms with E-state index < -0.39 is 0 Å². The van der Waals surface area contributed by atoms with Crippen molar-refractivity contribution in [2.45, 2.75) is 32.1 Å². The zero-order valence-corrected chi connectivity index (χ0v) is 12.8. The van der Waals surface area contributed by atoms with Crippen LogP contribution in [-0.2, 0) is 6.42 Å². The molecule has 110 valence electrons. The molecule has 1 aromatic rings. The molecule has 20 heavy (non-hydrogen) atoms. The first-order chi connectivity index (χ1) is 9.25. The van der Waals surface area contributed by atoms with Gasteiger partial charge in [0.25, 0.3) is 5.91 Å². The molecule has 0 atom stereocenters. The van der Waals surface area contributed by atoms with E-state index in [1.165, 1.54) is 24.8 Å². The molecule has 1 aromatic carbocycles. The van der Waals surface area contributed by atoms with Crippen LogP contribution in [0.4, 0.5) is 5.69 Å². The van der Waals surface area contributed by atoms with Crippen LogP contribution in [0.5, 0.6) is 0 Å². The van der Waals surface area contributed by atoms with Crippen molar-refractivity contribution < 1.29 is 4.79 Å². The summed E-state index contributed by atoms with van der Waals surface area (Å²) in [6.07, 6.45) is 6.03. The van der Waals surface area contributed by atoms with Crippen molar-refractivity contribution in [3.63, 3.8) is 0 Å². The van der Waals surface area contributed by atoms with Gasteiger partial charge in [0, 0.05) is 31.4 Å². The van der Waals surface area contributed by atoms with Crippen LogP contribution < -0.4 is 5.32 Å². The van der Waals surface area contributed by atoms with Crippen molar-refractivity contribution in [3.8, 4) is 0 Å². The normalized spacial score (nSPS) is 17.2. The molecule has 4 heteroatoms. The van der Waals surface area contributed by atoms with Crippen LogP contribution in [0.25, 0.3) is 0 Å². The lowest BCUT2D eigenvalue weighted by Gasteiger charge is -2.31. The quantitative estimate of drug-likeness (QED) is 0.927. The number of hydrogen-bond acceptors (Lipinski definition) is 2. The Morgan fingerprint density at radius 2 is 2.15 bits per heavy atom. The van der Waals surface area contributed by atoms with Crippen molar-refractivity contribution in [1.82, 2.24) is 4.90 Å². The summed E-state index contributed by atoms with van der Waals surface area (Å²) in [5, 5.41) is 3.39. The predicted molar refractivity (Wildman–Crippen MR) is 84.8 cm³/mol. The average molecular weight is 295 g/mol. The number of carbonyl (C=O) groups excluding carboxylic acids is 1. The summed E-state index contributed by atoms with van der Waals surface area (Å²) in [5.41, 5.74) is 3.25. The summed E-state index contributed by atoms with van der Waals surface area (Å²) in [6, 6.07) is 6.05. The van der Waals surface area contributed by atoms with E-state index >= 15 is 0 Å². The Morgan fingerprint density at radius 3 is 2.85 bits per heavy atom. The molecule has 0 unspecified atom stereocenters. The number of benzene rings is 1. The van der Waals surface area contributed by atoms with Crippen molar-refractivity contribution in [2.75, 3.05) is 25.5 Å². The summed E-state index contributed by atoms with van der Waals surface area (Å²) in [6.45, 7) is 1.93. The summed E-state index contributed by atoms with van der Waals surface area (Å²) >= 11 is 0. The van der Waals surface area contributed by atoms with Gasteiger partial charge in [0.15, 0.2) is 0 Å². The number of hydrogen-bond donors (Lipinski definition) is 1. The molecule has 1 saturated carbocycles. The highest BCUT2D eigenvalue weighted by atomic mass is 35.5. The molecule has 3 nitrogen and oxygen atoms in total. The lowest BCUT2D eigenvalue weighted by Crippen LogP contribution is -2.35. The molecule has 1 heterocycles. The molecule has 0 bridgehead atoms. The fourth-order valence-electron chi connectivity index (χ4n) is 3.06. The van der Waals surface area contributed by atoms with E-state index in [0.29, 0.717) is 0 Å². The molecule has 3 rings (SSSR count). The van der Waals surface area contributed by atoms with E-state index in [2.05, 4.69) is 11.4 Å². The third-order valence-electron chi connectivity index (χ3n) is 4.43. The van der Waals surface area contributed by atoms with Gasteiger partial charge in [0.05, 0.1) is 0 Å². The van der Waals surface area contributed by atoms with Crippen molar-refractivity contribution in [3.05, 3.63) is 29.3 Å². The number of carbonyl (C=O) groups is 1. The minimum Gasteiger partial charge on any atom is -0.385 e. The fraction of sp³-hybridized carbons (Fsp3) is 0.562. The van der Waals surface area contributed by atoms with Gasteiger partial charge in [-0.1, -0.05) is 12.5 Å². The SMILES string of the molecule is CN(CC1CCC1)C(=O)c1cccc2c1CCCN2.Cl. The second kappa shape index (κ2) is 6.49. The molecule has 1 fully saturated rings. The maximum absolute atomic E-state index is 12.6. The summed E-state index contributed by atoms with van der Waals surface area (Å²) in [5.74, 6) is 0.916. The summed E-state index contributed by atoms with van der Waals surface area (Å²) in [4.78, 5) is 14.5. The van der Waals surface area contributed by atoms with E-state index in [1.807, 2.05) is 24.1 Å². The number of anilines is 1. The highest BCUT2D eigenvalue weighted by Crippen LogP contribution is 2.29. The molecule has 0 saturated heterocycles. The molecular weight excluding hydrogens is 272 g/mol. The monoisotopic (exact) mass is 294 g/mol. The zero-order valence-electron chi connectivity index (χ0n) is 12.0. The second-order valence-electron chi connectivity index (χ2n) is 5.84. The third-order valence-corrected chi connectivity index (χ3v) is 4.43. The first-order valence-corrected chi connectivity index (χ1v) is 7.37. The smallest absolute Gasteiger partial charge is 0.253 e. The van der Waals surface area contributed by atoms with Crippen molar-refractivity contribution >= 4 is 24.0 Å². The summed E-state index contributed by atoms with van der Waals surface area (Å²) < 4.78 is 0. The molecular formula is C16H23ClN2O. The fourth-order valence-corrected chi connectivity index (χ4v) is 3.06. The Labute approximate surface area is 127 Å². The molecule has 1 aliphatic heterocycles. The number of nitrogens with one attached hydrogen (secondary N) is 1. The lowest BCUT2D eigenvalue weighted by molar-refractivity contribution is 0.0744. The number of rotatable bonds is 3. The van der Waals surface area contributed by atoms with Gasteiger partial charge in [-0.05, 0) is 49.3 Å². The number of fused-ring (bicyclic) bond motifs is 1. The third kappa shape index (κ3) is 2.93. The average Bonchev–Trinajstić information content (AvgIpc) is 2.41. The predicted octanol–water partition coefficient (Wildman–Crippen LogP) is 3.34. The Morgan fingerprint density at radius 1 is 1.35 bits per heavy atom. The van der Waals surface area contributed by atoms with Crippen LogP contribution in [-0.4, -0.2) is 30.9 Å². The highest BCUT2D eigenvalue weighted by molar-refractivity contribution is 5.97. The van der Waals surface area contributed by atoms with E-state index in [0.717, 1.165) is 43.1 Å². The van der Waals surface area contributed by atoms with Gasteiger partial charge < -0.3 is 10.2 Å². The van der Waals surface area contributed by atoms with Crippen molar-refractivity contribution in [2.24, 2.45) is 5.92 Å². The standard InChI is InChI=1S/C16H22N2O.ClH/c1-18(11-12-5-2-6-12)16(19)14-7-3-9-15-13(14)8-4-10-17-15;/h3,7,9,12,17H,2,4-6,8,10-11H2,1H3;1H. The van der Waals surface area contributed by atoms with Gasteiger partial charge in [0.2, 0.25) is 0 Å². The first-order valence-electron chi connectivity index (χ1n) is 7.37. The van der Waals surface area contributed by atoms with E-state index in [9.17, 15) is 4.79 Å². The molecule has 1 amide bonds. The minimum atomic E-state index is 0. The second-order valence-corrected chi connectivity index (χ2v) is 5.84. The van der Waals surface area contributed by atoms with E-state index in [1.54, 1.807) is 0 Å². The van der Waals surface area contributed by atoms with E-state index in [4.69, 9.17) is 0 Å².